The molecule has 2 aliphatic heterocycles. The number of carbonyl (C=O) groups excluding carboxylic acids is 1. The Morgan fingerprint density at radius 3 is 2.24 bits per heavy atom. The highest BCUT2D eigenvalue weighted by atomic mass is 19.1. The van der Waals surface area contributed by atoms with Gasteiger partial charge in [-0.05, 0) is 107 Å². The topological polar surface area (TPSA) is 143 Å². The first-order valence-corrected chi connectivity index (χ1v) is 21.9. The maximum Gasteiger partial charge on any atom is 0.407 e. The van der Waals surface area contributed by atoms with E-state index in [1.54, 1.807) is 21.9 Å². The van der Waals surface area contributed by atoms with Crippen molar-refractivity contribution in [1.82, 2.24) is 34.4 Å². The highest BCUT2D eigenvalue weighted by molar-refractivity contribution is 5.67. The van der Waals surface area contributed by atoms with Crippen LogP contribution in [0.5, 0.6) is 5.75 Å². The third kappa shape index (κ3) is 11.3. The van der Waals surface area contributed by atoms with Gasteiger partial charge in [0.2, 0.25) is 0 Å². The summed E-state index contributed by atoms with van der Waals surface area (Å²) in [5.41, 5.74) is 1.24. The largest absolute Gasteiger partial charge is 0.493 e. The molecule has 4 heterocycles. The van der Waals surface area contributed by atoms with Gasteiger partial charge in [-0.15, -0.1) is 0 Å². The van der Waals surface area contributed by atoms with Crippen LogP contribution in [0.4, 0.5) is 25.0 Å². The zero-order valence-corrected chi connectivity index (χ0v) is 37.2. The Morgan fingerprint density at radius 2 is 1.62 bits per heavy atom. The van der Waals surface area contributed by atoms with Crippen molar-refractivity contribution in [3.63, 3.8) is 0 Å². The van der Waals surface area contributed by atoms with Crippen LogP contribution in [0, 0.1) is 17.8 Å². The smallest absolute Gasteiger partial charge is 0.407 e. The molecule has 0 bridgehead atoms. The van der Waals surface area contributed by atoms with E-state index in [2.05, 4.69) is 42.4 Å². The Kier molecular flexibility index (Phi) is 14.3. The number of hydrogen-bond acceptors (Lipinski definition) is 11. The van der Waals surface area contributed by atoms with Gasteiger partial charge in [0.1, 0.15) is 42.0 Å². The van der Waals surface area contributed by atoms with E-state index < -0.39 is 34.9 Å². The van der Waals surface area contributed by atoms with Gasteiger partial charge in [0.25, 0.3) is 0 Å². The highest BCUT2D eigenvalue weighted by Crippen LogP contribution is 2.45. The lowest BCUT2D eigenvalue weighted by atomic mass is 9.78. The number of allylic oxidation sites excluding steroid dienone is 3. The quantitative estimate of drug-likeness (QED) is 0.109. The van der Waals surface area contributed by atoms with Crippen molar-refractivity contribution in [2.45, 2.75) is 90.7 Å². The molecule has 0 spiro atoms. The maximum absolute atomic E-state index is 15.1. The number of ether oxygens (including phenoxy) is 4. The number of alkyl carbamates (subject to hydrolysis) is 1. The Labute approximate surface area is 367 Å². The van der Waals surface area contributed by atoms with Gasteiger partial charge in [-0.2, -0.15) is 10.2 Å². The van der Waals surface area contributed by atoms with Gasteiger partial charge < -0.3 is 34.1 Å². The first kappa shape index (κ1) is 45.5. The molecule has 0 saturated carbocycles. The third-order valence-electron chi connectivity index (χ3n) is 11.9. The molecule has 0 radical (unpaired) electrons. The summed E-state index contributed by atoms with van der Waals surface area (Å²) in [6.45, 7) is 16.8. The number of halogens is 2. The Bertz CT molecular complexity index is 2230. The van der Waals surface area contributed by atoms with Gasteiger partial charge in [-0.25, -0.2) is 32.6 Å². The molecule has 5 unspecified atom stereocenters. The van der Waals surface area contributed by atoms with Crippen LogP contribution in [0.2, 0.25) is 0 Å². The zero-order valence-electron chi connectivity index (χ0n) is 37.2. The standard InChI is InChI=1S/C46H61F2N9O6/c1-32(2)42(33(3)60-23-7-18-50-43(58)63-45(4,5)6)57-44(59)56(31-52-57)38-11-9-36(10-12-38)53-19-21-54(22-20-53)37-13-15-39(16-14-37)61-26-34-25-46(62-27-34,28-55-30-49-29-51-55)40-17-8-35(47)24-41(40)48/h8-16,24,29-34,40,42H,7,17-23,25-28H2,1-6H3,(H,50,58). The van der Waals surface area contributed by atoms with Gasteiger partial charge >= 0.3 is 11.8 Å². The van der Waals surface area contributed by atoms with Gasteiger partial charge in [-0.1, -0.05) is 13.8 Å². The van der Waals surface area contributed by atoms with E-state index in [9.17, 15) is 14.0 Å². The van der Waals surface area contributed by atoms with Crippen molar-refractivity contribution in [2.24, 2.45) is 17.8 Å². The summed E-state index contributed by atoms with van der Waals surface area (Å²) in [4.78, 5) is 34.4. The van der Waals surface area contributed by atoms with E-state index in [0.717, 1.165) is 55.1 Å². The molecule has 5 atom stereocenters. The predicted molar refractivity (Wildman–Crippen MR) is 236 cm³/mol. The molecule has 15 nitrogen and oxygen atoms in total. The monoisotopic (exact) mass is 873 g/mol. The zero-order chi connectivity index (χ0) is 44.7. The summed E-state index contributed by atoms with van der Waals surface area (Å²) in [5, 5.41) is 11.5. The van der Waals surface area contributed by atoms with Crippen LogP contribution in [0.3, 0.4) is 0 Å². The fourth-order valence-electron chi connectivity index (χ4n) is 8.83. The first-order valence-electron chi connectivity index (χ1n) is 21.9. The summed E-state index contributed by atoms with van der Waals surface area (Å²) in [7, 11) is 0. The molecular formula is C46H61F2N9O6. The molecule has 2 fully saturated rings. The number of nitrogens with zero attached hydrogens (tertiary/aromatic N) is 8. The van der Waals surface area contributed by atoms with Gasteiger partial charge in [0, 0.05) is 68.6 Å². The molecule has 4 aromatic rings. The van der Waals surface area contributed by atoms with Crippen LogP contribution in [0.25, 0.3) is 5.69 Å². The number of nitrogens with one attached hydrogen (secondary N) is 1. The first-order chi connectivity index (χ1) is 30.2. The van der Waals surface area contributed by atoms with Crippen LogP contribution in [-0.4, -0.2) is 105 Å². The van der Waals surface area contributed by atoms with Gasteiger partial charge in [0.15, 0.2) is 0 Å². The number of hydrogen-bond donors (Lipinski definition) is 1. The summed E-state index contributed by atoms with van der Waals surface area (Å²) in [6.07, 6.45) is 7.56. The number of carbonyl (C=O) groups is 1. The van der Waals surface area contributed by atoms with Crippen molar-refractivity contribution in [3.05, 3.63) is 102 Å². The van der Waals surface area contributed by atoms with E-state index in [1.165, 1.54) is 17.1 Å². The molecule has 3 aliphatic rings. The van der Waals surface area contributed by atoms with E-state index in [4.69, 9.17) is 18.9 Å². The summed E-state index contributed by atoms with van der Waals surface area (Å²) in [5.74, 6) is -0.857. The highest BCUT2D eigenvalue weighted by Gasteiger charge is 2.49. The Hall–Kier alpha value is -5.55. The van der Waals surface area contributed by atoms with E-state index in [1.807, 2.05) is 77.9 Å². The van der Waals surface area contributed by atoms with Crippen LogP contribution < -0.4 is 25.5 Å². The SMILES string of the molecule is CC(C)C(C(C)OCCCNC(=O)OC(C)(C)C)n1ncn(-c2ccc(N3CCN(c4ccc(OCC5COC(Cn6cncn6)(C6CC=C(F)C=C6F)C5)cc4)CC3)cc2)c1=O. The summed E-state index contributed by atoms with van der Waals surface area (Å²) in [6, 6.07) is 15.8. The van der Waals surface area contributed by atoms with E-state index in [0.29, 0.717) is 45.8 Å². The number of piperazine rings is 1. The van der Waals surface area contributed by atoms with E-state index >= 15 is 4.39 Å². The predicted octanol–water partition coefficient (Wildman–Crippen LogP) is 7.05. The third-order valence-corrected chi connectivity index (χ3v) is 11.9. The fraction of sp³-hybridized carbons (Fsp3) is 0.543. The minimum Gasteiger partial charge on any atom is -0.493 e. The molecule has 2 saturated heterocycles. The van der Waals surface area contributed by atoms with Gasteiger partial charge in [0.05, 0.1) is 43.2 Å². The number of aromatic nitrogens is 6. The van der Waals surface area contributed by atoms with E-state index in [-0.39, 0.29) is 36.1 Å². The molecule has 17 heteroatoms. The average Bonchev–Trinajstić information content (AvgIpc) is 4.01. The van der Waals surface area contributed by atoms with Crippen molar-refractivity contribution in [2.75, 3.05) is 62.3 Å². The number of benzene rings is 2. The van der Waals surface area contributed by atoms with Crippen molar-refractivity contribution < 1.29 is 32.5 Å². The second-order valence-corrected chi connectivity index (χ2v) is 18.1. The van der Waals surface area contributed by atoms with Crippen molar-refractivity contribution in [1.29, 1.82) is 0 Å². The normalized spacial score (nSPS) is 21.5. The second kappa shape index (κ2) is 19.9. The second-order valence-electron chi connectivity index (χ2n) is 18.1. The van der Waals surface area contributed by atoms with Crippen LogP contribution in [-0.2, 0) is 20.8 Å². The Morgan fingerprint density at radius 1 is 0.952 bits per heavy atom. The van der Waals surface area contributed by atoms with Crippen molar-refractivity contribution in [3.8, 4) is 11.4 Å². The molecular weight excluding hydrogens is 813 g/mol. The molecule has 340 valence electrons. The molecule has 2 aromatic carbocycles. The number of amides is 1. The molecule has 1 amide bonds. The lowest BCUT2D eigenvalue weighted by Gasteiger charge is -2.37. The molecule has 7 rings (SSSR count). The Balaban J connectivity index is 0.875. The lowest BCUT2D eigenvalue weighted by molar-refractivity contribution is -0.0538. The molecule has 1 N–H and O–H groups in total. The average molecular weight is 874 g/mol. The molecule has 2 aromatic heterocycles. The summed E-state index contributed by atoms with van der Waals surface area (Å²) < 4.78 is 57.6. The van der Waals surface area contributed by atoms with Crippen LogP contribution >= 0.6 is 0 Å². The summed E-state index contributed by atoms with van der Waals surface area (Å²) >= 11 is 0. The number of anilines is 2. The van der Waals surface area contributed by atoms with Crippen LogP contribution in [0.1, 0.15) is 66.8 Å². The number of rotatable bonds is 17. The van der Waals surface area contributed by atoms with Crippen LogP contribution in [0.15, 0.2) is 96.1 Å². The molecule has 1 aliphatic carbocycles. The van der Waals surface area contributed by atoms with Crippen molar-refractivity contribution >= 4 is 17.5 Å². The maximum atomic E-state index is 15.1. The van der Waals surface area contributed by atoms with Gasteiger partial charge in [-0.3, -0.25) is 4.68 Å². The minimum atomic E-state index is -0.891. The lowest BCUT2D eigenvalue weighted by Crippen LogP contribution is -2.46. The minimum absolute atomic E-state index is 0.0170. The molecule has 63 heavy (non-hydrogen) atoms. The fourth-order valence-corrected chi connectivity index (χ4v) is 8.83.